The van der Waals surface area contributed by atoms with E-state index in [1.807, 2.05) is 45.9 Å². The van der Waals surface area contributed by atoms with E-state index in [1.54, 1.807) is 24.3 Å². The Kier molecular flexibility index (Phi) is 12.1. The van der Waals surface area contributed by atoms with Crippen molar-refractivity contribution in [3.63, 3.8) is 0 Å². The standard InChI is InChI=1S/C26H30N6O2.Ni/c1-6-31(7-2)21-12-10-19(24(33)14-21)17-29-23(16-27)26(28-5)30-18-20-11-13-22(15-25(20)34)32(8-3)9-4;/h10-15,17-18,33-34H,6-9H2,1-4H3;/b26-23-,29-17?,30-18+;. The molecule has 0 radical (unpaired) electrons. The Morgan fingerprint density at radius 2 is 1.31 bits per heavy atom. The Hall–Kier alpha value is -3.81. The summed E-state index contributed by atoms with van der Waals surface area (Å²) in [4.78, 5) is 15.6. The second-order valence-electron chi connectivity index (χ2n) is 7.24. The summed E-state index contributed by atoms with van der Waals surface area (Å²) in [6.45, 7) is 18.8. The summed E-state index contributed by atoms with van der Waals surface area (Å²) in [5, 5.41) is 30.2. The minimum Gasteiger partial charge on any atom is -0.507 e. The maximum Gasteiger partial charge on any atom is 0.306 e. The molecule has 0 heterocycles. The van der Waals surface area contributed by atoms with Gasteiger partial charge in [-0.15, -0.1) is 4.99 Å². The number of nitriles is 1. The van der Waals surface area contributed by atoms with Crippen molar-refractivity contribution >= 4 is 23.8 Å². The number of nitrogens with zero attached hydrogens (tertiary/aromatic N) is 6. The summed E-state index contributed by atoms with van der Waals surface area (Å²) in [5.74, 6) is -0.167. The van der Waals surface area contributed by atoms with Crippen molar-refractivity contribution in [3.05, 3.63) is 70.5 Å². The van der Waals surface area contributed by atoms with E-state index >= 15 is 0 Å². The molecule has 0 unspecified atom stereocenters. The van der Waals surface area contributed by atoms with Crippen molar-refractivity contribution in [1.82, 2.24) is 0 Å². The van der Waals surface area contributed by atoms with Gasteiger partial charge in [0.1, 0.15) is 23.8 Å². The average molecular weight is 517 g/mol. The molecule has 0 aliphatic rings. The maximum atomic E-state index is 10.4. The molecule has 0 bridgehead atoms. The van der Waals surface area contributed by atoms with Crippen molar-refractivity contribution in [3.8, 4) is 17.6 Å². The van der Waals surface area contributed by atoms with E-state index in [2.05, 4.69) is 24.6 Å². The number of phenolic OH excluding ortho intramolecular Hbond substituents is 2. The van der Waals surface area contributed by atoms with Gasteiger partial charge in [-0.2, -0.15) is 5.26 Å². The number of hydrogen-bond donors (Lipinski definition) is 2. The molecule has 9 heteroatoms. The molecule has 0 aliphatic heterocycles. The van der Waals surface area contributed by atoms with Gasteiger partial charge < -0.3 is 24.9 Å². The Bertz CT molecular complexity index is 1080. The fourth-order valence-corrected chi connectivity index (χ4v) is 3.40. The number of hydrogen-bond acceptors (Lipinski definition) is 7. The van der Waals surface area contributed by atoms with Gasteiger partial charge in [0, 0.05) is 78.0 Å². The van der Waals surface area contributed by atoms with E-state index in [-0.39, 0.29) is 39.5 Å². The van der Waals surface area contributed by atoms with E-state index in [9.17, 15) is 15.5 Å². The van der Waals surface area contributed by atoms with Gasteiger partial charge in [-0.25, -0.2) is 0 Å². The first-order valence-corrected chi connectivity index (χ1v) is 11.2. The molecular weight excluding hydrogens is 487 g/mol. The monoisotopic (exact) mass is 516 g/mol. The van der Waals surface area contributed by atoms with E-state index in [0.717, 1.165) is 37.6 Å². The number of aliphatic imine (C=N–C) groups is 2. The summed E-state index contributed by atoms with van der Waals surface area (Å²) in [5.41, 5.74) is 2.41. The zero-order valence-corrected chi connectivity index (χ0v) is 21.3. The quantitative estimate of drug-likeness (QED) is 0.201. The number of aromatic hydroxyl groups is 2. The molecule has 0 aliphatic carbocycles. The molecule has 2 rings (SSSR count). The molecular formula is C26H30N6NiO2. The second kappa shape index (κ2) is 14.5. The molecule has 0 aromatic heterocycles. The third kappa shape index (κ3) is 7.60. The number of benzene rings is 2. The maximum absolute atomic E-state index is 10.4. The third-order valence-electron chi connectivity index (χ3n) is 5.37. The third-order valence-corrected chi connectivity index (χ3v) is 5.37. The predicted octanol–water partition coefficient (Wildman–Crippen LogP) is 4.94. The number of anilines is 2. The van der Waals surface area contributed by atoms with E-state index in [0.29, 0.717) is 11.1 Å². The van der Waals surface area contributed by atoms with Crippen LogP contribution in [0.25, 0.3) is 4.85 Å². The topological polar surface area (TPSA) is 99.8 Å². The van der Waals surface area contributed by atoms with Crippen molar-refractivity contribution in [2.24, 2.45) is 9.98 Å². The van der Waals surface area contributed by atoms with E-state index < -0.39 is 0 Å². The fourth-order valence-electron chi connectivity index (χ4n) is 3.40. The van der Waals surface area contributed by atoms with Crippen LogP contribution in [0, 0.1) is 17.9 Å². The molecule has 0 saturated heterocycles. The van der Waals surface area contributed by atoms with Gasteiger partial charge >= 0.3 is 5.82 Å². The smallest absolute Gasteiger partial charge is 0.306 e. The number of allylic oxidation sites excluding steroid dienone is 1. The first-order chi connectivity index (χ1) is 16.4. The average Bonchev–Trinajstić information content (AvgIpc) is 2.84. The van der Waals surface area contributed by atoms with Crippen LogP contribution in [0.2, 0.25) is 0 Å². The summed E-state index contributed by atoms with van der Waals surface area (Å²) >= 11 is 0. The van der Waals surface area contributed by atoms with Crippen molar-refractivity contribution in [2.45, 2.75) is 27.7 Å². The molecule has 0 spiro atoms. The zero-order chi connectivity index (χ0) is 25.1. The van der Waals surface area contributed by atoms with E-state index in [1.165, 1.54) is 12.4 Å². The van der Waals surface area contributed by atoms with Crippen LogP contribution in [0.3, 0.4) is 0 Å². The van der Waals surface area contributed by atoms with Crippen LogP contribution in [0.5, 0.6) is 11.5 Å². The molecule has 0 atom stereocenters. The van der Waals surface area contributed by atoms with Crippen molar-refractivity contribution in [2.75, 3.05) is 36.0 Å². The van der Waals surface area contributed by atoms with Gasteiger partial charge in [0.25, 0.3) is 0 Å². The summed E-state index contributed by atoms with van der Waals surface area (Å²) in [6, 6.07) is 12.3. The summed E-state index contributed by atoms with van der Waals surface area (Å²) < 4.78 is 0. The largest absolute Gasteiger partial charge is 0.507 e. The summed E-state index contributed by atoms with van der Waals surface area (Å²) in [7, 11) is 0. The zero-order valence-electron chi connectivity index (χ0n) is 20.3. The predicted molar refractivity (Wildman–Crippen MR) is 138 cm³/mol. The number of phenols is 2. The first kappa shape index (κ1) is 29.2. The van der Waals surface area contributed by atoms with Crippen LogP contribution in [-0.2, 0) is 16.5 Å². The Labute approximate surface area is 217 Å². The van der Waals surface area contributed by atoms with Crippen LogP contribution in [0.1, 0.15) is 38.8 Å². The van der Waals surface area contributed by atoms with Gasteiger partial charge in [-0.3, -0.25) is 4.99 Å². The minimum absolute atomic E-state index is 0. The van der Waals surface area contributed by atoms with Crippen molar-refractivity contribution < 1.29 is 26.7 Å². The van der Waals surface area contributed by atoms with Gasteiger partial charge in [0.15, 0.2) is 5.70 Å². The van der Waals surface area contributed by atoms with Crippen LogP contribution < -0.4 is 9.80 Å². The molecule has 186 valence electrons. The Morgan fingerprint density at radius 1 is 0.886 bits per heavy atom. The van der Waals surface area contributed by atoms with Gasteiger partial charge in [0.2, 0.25) is 0 Å². The molecule has 0 saturated carbocycles. The fraction of sp³-hybridized carbons (Fsp3) is 0.308. The van der Waals surface area contributed by atoms with Crippen LogP contribution in [0.15, 0.2) is 57.9 Å². The van der Waals surface area contributed by atoms with Gasteiger partial charge in [0.05, 0.1) is 5.56 Å². The molecule has 2 aromatic carbocycles. The summed E-state index contributed by atoms with van der Waals surface area (Å²) in [6.07, 6.45) is 2.66. The second-order valence-corrected chi connectivity index (χ2v) is 7.24. The van der Waals surface area contributed by atoms with E-state index in [4.69, 9.17) is 6.57 Å². The molecule has 0 fully saturated rings. The first-order valence-electron chi connectivity index (χ1n) is 11.2. The minimum atomic E-state index is -0.217. The molecule has 2 aromatic rings. The molecule has 8 nitrogen and oxygen atoms in total. The SMILES string of the molecule is [C-]#[N+]C(/N=C/c1ccc(N(CC)CC)cc1O)=C(\C#N)N=Cc1ccc(N(CC)CC)cc1O.[Ni]. The van der Waals surface area contributed by atoms with Crippen LogP contribution >= 0.6 is 0 Å². The molecule has 35 heavy (non-hydrogen) atoms. The molecule has 2 N–H and O–H groups in total. The van der Waals surface area contributed by atoms with Gasteiger partial charge in [-0.1, -0.05) is 6.57 Å². The molecule has 0 amide bonds. The Balaban J connectivity index is 0.00000612. The number of rotatable bonds is 10. The Morgan fingerprint density at radius 3 is 1.66 bits per heavy atom. The van der Waals surface area contributed by atoms with Crippen LogP contribution in [-0.4, -0.2) is 48.8 Å². The van der Waals surface area contributed by atoms with Crippen molar-refractivity contribution in [1.29, 1.82) is 5.26 Å². The normalized spacial score (nSPS) is 11.5. The van der Waals surface area contributed by atoms with Crippen LogP contribution in [0.4, 0.5) is 11.4 Å². The van der Waals surface area contributed by atoms with Gasteiger partial charge in [-0.05, 0) is 52.0 Å².